The van der Waals surface area contributed by atoms with Crippen LogP contribution in [-0.4, -0.2) is 46.9 Å². The van der Waals surface area contributed by atoms with Crippen LogP contribution >= 0.6 is 0 Å². The molecule has 1 unspecified atom stereocenters. The molecule has 1 atom stereocenters. The van der Waals surface area contributed by atoms with Crippen molar-refractivity contribution in [3.8, 4) is 17.2 Å². The fourth-order valence-corrected chi connectivity index (χ4v) is 1.35. The Bertz CT molecular complexity index is 380. The van der Waals surface area contributed by atoms with Crippen molar-refractivity contribution in [3.05, 3.63) is 17.7 Å². The maximum Gasteiger partial charge on any atom is 0.200 e. The van der Waals surface area contributed by atoms with E-state index in [-0.39, 0.29) is 11.5 Å². The normalized spacial score (nSPS) is 12.9. The molecule has 1 aromatic rings. The number of benzene rings is 1. The fourth-order valence-electron chi connectivity index (χ4n) is 1.35. The van der Waals surface area contributed by atoms with Gasteiger partial charge in [-0.25, -0.2) is 0 Å². The lowest BCUT2D eigenvalue weighted by Crippen LogP contribution is -2.35. The van der Waals surface area contributed by atoms with Crippen LogP contribution in [0.3, 0.4) is 0 Å². The number of hydrogen-bond acceptors (Lipinski definition) is 5. The Morgan fingerprint density at radius 2 is 1.82 bits per heavy atom. The Labute approximate surface area is 101 Å². The summed E-state index contributed by atoms with van der Waals surface area (Å²) in [5.41, 5.74) is 0.561. The van der Waals surface area contributed by atoms with Gasteiger partial charge in [-0.1, -0.05) is 6.07 Å². The molecule has 0 aliphatic heterocycles. The first kappa shape index (κ1) is 13.6. The van der Waals surface area contributed by atoms with E-state index < -0.39 is 5.75 Å². The van der Waals surface area contributed by atoms with Gasteiger partial charge >= 0.3 is 0 Å². The summed E-state index contributed by atoms with van der Waals surface area (Å²) >= 11 is 0. The maximum atomic E-state index is 9.59. The topological polar surface area (TPSA) is 76.0 Å². The van der Waals surface area contributed by atoms with Crippen molar-refractivity contribution < 1.29 is 15.3 Å². The first-order valence-electron chi connectivity index (χ1n) is 5.53. The van der Waals surface area contributed by atoms with Gasteiger partial charge in [-0.3, -0.25) is 0 Å². The number of aromatic hydroxyl groups is 3. The number of hydrogen-bond donors (Lipinski definition) is 4. The molecular weight excluding hydrogens is 220 g/mol. The maximum absolute atomic E-state index is 9.59. The molecule has 0 aromatic heterocycles. The zero-order chi connectivity index (χ0) is 13.0. The van der Waals surface area contributed by atoms with Crippen molar-refractivity contribution in [1.29, 1.82) is 0 Å². The van der Waals surface area contributed by atoms with E-state index in [4.69, 9.17) is 0 Å². The van der Waals surface area contributed by atoms with Gasteiger partial charge in [-0.05, 0) is 27.1 Å². The zero-order valence-electron chi connectivity index (χ0n) is 10.4. The van der Waals surface area contributed by atoms with Gasteiger partial charge in [0.15, 0.2) is 11.5 Å². The second kappa shape index (κ2) is 5.75. The van der Waals surface area contributed by atoms with Crippen LogP contribution in [0.25, 0.3) is 0 Å². The molecule has 0 radical (unpaired) electrons. The van der Waals surface area contributed by atoms with E-state index in [9.17, 15) is 15.3 Å². The second-order valence-corrected chi connectivity index (χ2v) is 4.38. The van der Waals surface area contributed by atoms with Gasteiger partial charge in [0.1, 0.15) is 0 Å². The lowest BCUT2D eigenvalue weighted by molar-refractivity contribution is 0.301. The first-order valence-corrected chi connectivity index (χ1v) is 5.53. The smallest absolute Gasteiger partial charge is 0.200 e. The van der Waals surface area contributed by atoms with E-state index in [1.807, 2.05) is 14.1 Å². The molecule has 0 fully saturated rings. The number of phenols is 3. The van der Waals surface area contributed by atoms with E-state index in [0.29, 0.717) is 18.2 Å². The van der Waals surface area contributed by atoms with Crippen LogP contribution in [0.5, 0.6) is 17.2 Å². The predicted octanol–water partition coefficient (Wildman–Crippen LogP) is 0.843. The van der Waals surface area contributed by atoms with Crippen LogP contribution in [0.1, 0.15) is 12.5 Å². The first-order chi connectivity index (χ1) is 7.93. The fraction of sp³-hybridized carbons (Fsp3) is 0.500. The monoisotopic (exact) mass is 240 g/mol. The molecule has 0 bridgehead atoms. The quantitative estimate of drug-likeness (QED) is 0.574. The molecule has 0 saturated carbocycles. The summed E-state index contributed by atoms with van der Waals surface area (Å²) in [5, 5.41) is 31.3. The highest BCUT2D eigenvalue weighted by molar-refractivity contribution is 5.52. The molecular formula is C12H20N2O3. The van der Waals surface area contributed by atoms with Gasteiger partial charge in [0.25, 0.3) is 0 Å². The average Bonchev–Trinajstić information content (AvgIpc) is 2.28. The summed E-state index contributed by atoms with van der Waals surface area (Å²) < 4.78 is 0. The van der Waals surface area contributed by atoms with Crippen molar-refractivity contribution in [3.63, 3.8) is 0 Å². The van der Waals surface area contributed by atoms with Gasteiger partial charge in [0, 0.05) is 24.7 Å². The molecule has 0 heterocycles. The lowest BCUT2D eigenvalue weighted by Gasteiger charge is -2.20. The molecule has 0 aliphatic carbocycles. The molecule has 1 aromatic carbocycles. The largest absolute Gasteiger partial charge is 0.504 e. The Morgan fingerprint density at radius 1 is 1.18 bits per heavy atom. The van der Waals surface area contributed by atoms with Gasteiger partial charge in [-0.15, -0.1) is 0 Å². The van der Waals surface area contributed by atoms with Crippen LogP contribution in [0.4, 0.5) is 0 Å². The summed E-state index contributed by atoms with van der Waals surface area (Å²) in [6.45, 7) is 3.30. The molecule has 0 aliphatic rings. The molecule has 5 nitrogen and oxygen atoms in total. The molecule has 0 amide bonds. The van der Waals surface area contributed by atoms with Crippen molar-refractivity contribution in [2.24, 2.45) is 0 Å². The molecule has 0 spiro atoms. The summed E-state index contributed by atoms with van der Waals surface area (Å²) in [6, 6.07) is 3.32. The Kier molecular flexibility index (Phi) is 4.60. The third-order valence-corrected chi connectivity index (χ3v) is 2.85. The lowest BCUT2D eigenvalue weighted by atomic mass is 10.1. The number of nitrogens with zero attached hydrogens (tertiary/aromatic N) is 1. The number of phenolic OH excluding ortho intramolecular Hbond substituents is 3. The third kappa shape index (κ3) is 3.51. The Hall–Kier alpha value is -1.46. The van der Waals surface area contributed by atoms with Gasteiger partial charge in [0.05, 0.1) is 0 Å². The van der Waals surface area contributed by atoms with E-state index in [1.54, 1.807) is 6.07 Å². The highest BCUT2D eigenvalue weighted by Crippen LogP contribution is 2.36. The van der Waals surface area contributed by atoms with Crippen LogP contribution in [0.15, 0.2) is 12.1 Å². The van der Waals surface area contributed by atoms with Gasteiger partial charge < -0.3 is 25.5 Å². The predicted molar refractivity (Wildman–Crippen MR) is 66.3 cm³/mol. The average molecular weight is 240 g/mol. The van der Waals surface area contributed by atoms with Crippen molar-refractivity contribution in [2.45, 2.75) is 19.5 Å². The minimum atomic E-state index is -0.468. The van der Waals surface area contributed by atoms with E-state index >= 15 is 0 Å². The van der Waals surface area contributed by atoms with E-state index in [2.05, 4.69) is 17.1 Å². The van der Waals surface area contributed by atoms with Crippen LogP contribution in [-0.2, 0) is 6.54 Å². The Morgan fingerprint density at radius 3 is 2.41 bits per heavy atom. The third-order valence-electron chi connectivity index (χ3n) is 2.85. The van der Waals surface area contributed by atoms with E-state index in [0.717, 1.165) is 6.54 Å². The SMILES string of the molecule is CC(CNCc1ccc(O)c(O)c1O)N(C)C. The standard InChI is InChI=1S/C12H20N2O3/c1-8(14(2)3)6-13-7-9-4-5-10(15)12(17)11(9)16/h4-5,8,13,15-17H,6-7H2,1-3H3. The number of nitrogens with one attached hydrogen (secondary N) is 1. The van der Waals surface area contributed by atoms with Gasteiger partial charge in [0.2, 0.25) is 5.75 Å². The Balaban J connectivity index is 2.56. The molecule has 5 heteroatoms. The second-order valence-electron chi connectivity index (χ2n) is 4.38. The summed E-state index contributed by atoms with van der Waals surface area (Å²) in [7, 11) is 3.99. The van der Waals surface area contributed by atoms with Gasteiger partial charge in [-0.2, -0.15) is 0 Å². The molecule has 4 N–H and O–H groups in total. The molecule has 17 heavy (non-hydrogen) atoms. The summed E-state index contributed by atoms with van der Waals surface area (Å²) in [5.74, 6) is -1.05. The molecule has 96 valence electrons. The van der Waals surface area contributed by atoms with Crippen LogP contribution in [0.2, 0.25) is 0 Å². The van der Waals surface area contributed by atoms with Crippen molar-refractivity contribution in [1.82, 2.24) is 10.2 Å². The molecule has 0 saturated heterocycles. The van der Waals surface area contributed by atoms with Crippen molar-refractivity contribution >= 4 is 0 Å². The zero-order valence-corrected chi connectivity index (χ0v) is 10.4. The van der Waals surface area contributed by atoms with Crippen molar-refractivity contribution in [2.75, 3.05) is 20.6 Å². The number of likely N-dealkylation sites (N-methyl/N-ethyl adjacent to an activating group) is 1. The minimum absolute atomic E-state index is 0.269. The van der Waals surface area contributed by atoms with Crippen LogP contribution < -0.4 is 5.32 Å². The number of rotatable bonds is 5. The van der Waals surface area contributed by atoms with Crippen LogP contribution in [0, 0.1) is 0 Å². The minimum Gasteiger partial charge on any atom is -0.504 e. The van der Waals surface area contributed by atoms with E-state index in [1.165, 1.54) is 6.07 Å². The molecule has 1 rings (SSSR count). The highest BCUT2D eigenvalue weighted by Gasteiger charge is 2.11. The summed E-state index contributed by atoms with van der Waals surface area (Å²) in [4.78, 5) is 2.08. The highest BCUT2D eigenvalue weighted by atomic mass is 16.3. The summed E-state index contributed by atoms with van der Waals surface area (Å²) in [6.07, 6.45) is 0.